The molecule has 0 aliphatic heterocycles. The van der Waals surface area contributed by atoms with Gasteiger partial charge in [-0.25, -0.2) is 4.39 Å². The zero-order valence-electron chi connectivity index (χ0n) is 23.3. The van der Waals surface area contributed by atoms with Gasteiger partial charge < -0.3 is 19.3 Å². The minimum absolute atomic E-state index is 0.240. The Kier molecular flexibility index (Phi) is 7.19. The Morgan fingerprint density at radius 2 is 1.79 bits per heavy atom. The summed E-state index contributed by atoms with van der Waals surface area (Å²) < 4.78 is 32.6. The molecule has 3 aromatic carbocycles. The molecule has 1 spiro atoms. The number of ether oxygens (including phenoxy) is 3. The van der Waals surface area contributed by atoms with Crippen molar-refractivity contribution >= 4 is 5.97 Å². The second-order valence-electron chi connectivity index (χ2n) is 11.9. The minimum atomic E-state index is -0.702. The predicted octanol–water partition coefficient (Wildman–Crippen LogP) is 7.49. The van der Waals surface area contributed by atoms with E-state index in [1.807, 2.05) is 30.3 Å². The monoisotopic (exact) mass is 532 g/mol. The molecule has 3 aromatic rings. The molecule has 1 fully saturated rings. The third kappa shape index (κ3) is 4.91. The highest BCUT2D eigenvalue weighted by molar-refractivity contribution is 5.75. The van der Waals surface area contributed by atoms with Crippen LogP contribution < -0.4 is 9.47 Å². The van der Waals surface area contributed by atoms with Crippen molar-refractivity contribution in [3.8, 4) is 22.6 Å². The maximum Gasteiger partial charge on any atom is 0.307 e. The molecule has 0 unspecified atom stereocenters. The molecule has 0 radical (unpaired) electrons. The van der Waals surface area contributed by atoms with Gasteiger partial charge in [0.15, 0.2) is 0 Å². The predicted molar refractivity (Wildman–Crippen MR) is 149 cm³/mol. The van der Waals surface area contributed by atoms with Crippen LogP contribution in [0.2, 0.25) is 0 Å². The molecule has 5 rings (SSSR count). The Bertz CT molecular complexity index is 1390. The van der Waals surface area contributed by atoms with Gasteiger partial charge in [-0.15, -0.1) is 0 Å². The number of rotatable bonds is 8. The summed E-state index contributed by atoms with van der Waals surface area (Å²) in [5.74, 6) is -0.0285. The van der Waals surface area contributed by atoms with E-state index in [-0.39, 0.29) is 28.7 Å². The van der Waals surface area contributed by atoms with Crippen molar-refractivity contribution in [2.75, 3.05) is 14.2 Å². The Morgan fingerprint density at radius 1 is 1.03 bits per heavy atom. The second kappa shape index (κ2) is 10.3. The van der Waals surface area contributed by atoms with Crippen LogP contribution in [0.5, 0.6) is 11.5 Å². The highest BCUT2D eigenvalue weighted by Crippen LogP contribution is 2.57. The molecule has 0 heterocycles. The third-order valence-corrected chi connectivity index (χ3v) is 8.59. The molecule has 2 aliphatic carbocycles. The molecule has 3 atom stereocenters. The van der Waals surface area contributed by atoms with E-state index < -0.39 is 5.97 Å². The highest BCUT2D eigenvalue weighted by atomic mass is 19.1. The van der Waals surface area contributed by atoms with Gasteiger partial charge in [-0.3, -0.25) is 4.79 Å². The number of hydrogen-bond donors (Lipinski definition) is 1. The molecule has 1 saturated carbocycles. The molecule has 0 amide bonds. The normalized spacial score (nSPS) is 20.8. The summed E-state index contributed by atoms with van der Waals surface area (Å²) in [5.41, 5.74) is 4.89. The largest absolute Gasteiger partial charge is 0.497 e. The smallest absolute Gasteiger partial charge is 0.307 e. The molecule has 2 aliphatic rings. The zero-order valence-corrected chi connectivity index (χ0v) is 23.3. The van der Waals surface area contributed by atoms with Crippen molar-refractivity contribution in [1.29, 1.82) is 0 Å². The molecule has 5 nitrogen and oxygen atoms in total. The molecule has 0 aromatic heterocycles. The van der Waals surface area contributed by atoms with E-state index in [9.17, 15) is 9.90 Å². The number of hydrogen-bond acceptors (Lipinski definition) is 4. The molecule has 206 valence electrons. The van der Waals surface area contributed by atoms with Crippen LogP contribution in [0, 0.1) is 17.2 Å². The number of aliphatic carboxylic acids is 1. The second-order valence-corrected chi connectivity index (χ2v) is 11.9. The molecular weight excluding hydrogens is 495 g/mol. The van der Waals surface area contributed by atoms with Crippen molar-refractivity contribution < 1.29 is 28.5 Å². The van der Waals surface area contributed by atoms with Gasteiger partial charge >= 0.3 is 5.97 Å². The summed E-state index contributed by atoms with van der Waals surface area (Å²) in [4.78, 5) is 11.8. The van der Waals surface area contributed by atoms with Crippen LogP contribution in [0.3, 0.4) is 0 Å². The van der Waals surface area contributed by atoms with Gasteiger partial charge in [0.2, 0.25) is 0 Å². The van der Waals surface area contributed by atoms with Gasteiger partial charge in [-0.1, -0.05) is 39.0 Å². The lowest BCUT2D eigenvalue weighted by Gasteiger charge is -2.45. The first-order valence-corrected chi connectivity index (χ1v) is 13.6. The molecule has 6 heteroatoms. The van der Waals surface area contributed by atoms with Gasteiger partial charge in [0.05, 0.1) is 19.1 Å². The van der Waals surface area contributed by atoms with E-state index in [4.69, 9.17) is 14.2 Å². The van der Waals surface area contributed by atoms with E-state index >= 15 is 4.39 Å². The topological polar surface area (TPSA) is 65.0 Å². The average molecular weight is 533 g/mol. The van der Waals surface area contributed by atoms with Crippen molar-refractivity contribution in [3.63, 3.8) is 0 Å². The van der Waals surface area contributed by atoms with Gasteiger partial charge in [-0.05, 0) is 95.3 Å². The summed E-state index contributed by atoms with van der Waals surface area (Å²) in [7, 11) is 3.25. The van der Waals surface area contributed by atoms with Crippen LogP contribution in [0.1, 0.15) is 68.4 Å². The van der Waals surface area contributed by atoms with E-state index in [0.717, 1.165) is 53.7 Å². The fourth-order valence-corrected chi connectivity index (χ4v) is 6.55. The maximum atomic E-state index is 15.0. The van der Waals surface area contributed by atoms with Gasteiger partial charge in [0.1, 0.15) is 23.9 Å². The van der Waals surface area contributed by atoms with Gasteiger partial charge in [0.25, 0.3) is 0 Å². The average Bonchev–Trinajstić information content (AvgIpc) is 3.27. The Balaban J connectivity index is 1.46. The molecule has 0 bridgehead atoms. The minimum Gasteiger partial charge on any atom is -0.497 e. The Hall–Kier alpha value is -3.38. The Morgan fingerprint density at radius 3 is 2.44 bits per heavy atom. The number of halogens is 1. The lowest BCUT2D eigenvalue weighted by molar-refractivity contribution is -0.149. The van der Waals surface area contributed by atoms with Crippen LogP contribution in [-0.4, -0.2) is 25.3 Å². The summed E-state index contributed by atoms with van der Waals surface area (Å²) in [6.07, 6.45) is 3.16. The van der Waals surface area contributed by atoms with Gasteiger partial charge in [-0.2, -0.15) is 0 Å². The van der Waals surface area contributed by atoms with Crippen LogP contribution in [0.4, 0.5) is 4.39 Å². The Labute approximate surface area is 229 Å². The molecular formula is C33H37FO5. The number of aryl methyl sites for hydroxylation is 1. The van der Waals surface area contributed by atoms with Crippen molar-refractivity contribution in [2.45, 2.75) is 64.6 Å². The number of carboxylic acids is 1. The number of benzene rings is 3. The number of carbonyl (C=O) groups is 1. The SMILES string of the molecule is COc1ccc(F)c(-c2ccc(COc3ccc4c(c3)[C@]3(CC4)CC[C@@H]3C(=O)O)cc2[C@H](OC)C(C)(C)C)c1. The van der Waals surface area contributed by atoms with Crippen molar-refractivity contribution in [2.24, 2.45) is 11.3 Å². The fourth-order valence-electron chi connectivity index (χ4n) is 6.55. The lowest BCUT2D eigenvalue weighted by Crippen LogP contribution is -2.46. The maximum absolute atomic E-state index is 15.0. The standard InChI is InChI=1S/C33H37FO5/c1-32(2,3)30(38-5)26-16-20(6-10-24(26)25-17-22(37-4)9-11-29(25)34)19-39-23-8-7-21-12-14-33(28(21)18-23)15-13-27(33)31(35)36/h6-11,16-18,27,30H,12-15,19H2,1-5H3,(H,35,36)/t27-,30+,33-/m1/s1. The summed E-state index contributed by atoms with van der Waals surface area (Å²) in [5, 5.41) is 9.73. The summed E-state index contributed by atoms with van der Waals surface area (Å²) in [6.45, 7) is 6.62. The van der Waals surface area contributed by atoms with E-state index in [2.05, 4.69) is 26.8 Å². The number of methoxy groups -OCH3 is 2. The number of carboxylic acid groups (broad SMARTS) is 1. The number of fused-ring (bicyclic) bond motifs is 2. The lowest BCUT2D eigenvalue weighted by atomic mass is 9.57. The highest BCUT2D eigenvalue weighted by Gasteiger charge is 2.54. The first-order valence-electron chi connectivity index (χ1n) is 13.6. The van der Waals surface area contributed by atoms with Crippen molar-refractivity contribution in [1.82, 2.24) is 0 Å². The summed E-state index contributed by atoms with van der Waals surface area (Å²) >= 11 is 0. The van der Waals surface area contributed by atoms with Crippen LogP contribution >= 0.6 is 0 Å². The fraction of sp³-hybridized carbons (Fsp3) is 0.424. The van der Waals surface area contributed by atoms with E-state index in [0.29, 0.717) is 17.9 Å². The third-order valence-electron chi connectivity index (χ3n) is 8.59. The van der Waals surface area contributed by atoms with Gasteiger partial charge in [0, 0.05) is 18.1 Å². The first-order chi connectivity index (χ1) is 18.6. The van der Waals surface area contributed by atoms with Crippen LogP contribution in [-0.2, 0) is 28.0 Å². The van der Waals surface area contributed by atoms with E-state index in [1.54, 1.807) is 26.4 Å². The molecule has 0 saturated heterocycles. The van der Waals surface area contributed by atoms with Crippen molar-refractivity contribution in [3.05, 3.63) is 82.7 Å². The summed E-state index contributed by atoms with van der Waals surface area (Å²) in [6, 6.07) is 16.8. The first kappa shape index (κ1) is 27.2. The van der Waals surface area contributed by atoms with E-state index in [1.165, 1.54) is 11.6 Å². The van der Waals surface area contributed by atoms with Crippen LogP contribution in [0.25, 0.3) is 11.1 Å². The molecule has 39 heavy (non-hydrogen) atoms. The molecule has 1 N–H and O–H groups in total. The quantitative estimate of drug-likeness (QED) is 0.326. The zero-order chi connectivity index (χ0) is 27.9. The van der Waals surface area contributed by atoms with Crippen LogP contribution in [0.15, 0.2) is 54.6 Å².